The van der Waals surface area contributed by atoms with Gasteiger partial charge in [-0.15, -0.1) is 0 Å². The van der Waals surface area contributed by atoms with Crippen molar-refractivity contribution in [1.82, 2.24) is 21.3 Å². The Morgan fingerprint density at radius 1 is 0.667 bits per heavy atom. The van der Waals surface area contributed by atoms with Crippen LogP contribution in [-0.4, -0.2) is 54.4 Å². The third-order valence-corrected chi connectivity index (χ3v) is 1.25. The number of nitrogens with one attached hydrogen (secondary N) is 4. The fourth-order valence-electron chi connectivity index (χ4n) is 0.500. The van der Waals surface area contributed by atoms with Gasteiger partial charge >= 0.3 is 33.3 Å². The molecule has 0 amide bonds. The first-order chi connectivity index (χ1) is 7.24. The molecule has 0 rings (SSSR count). The average Bonchev–Trinajstić information content (AvgIpc) is 2.25. The maximum atomic E-state index is 4.67. The maximum absolute atomic E-state index is 4.67. The molecule has 0 aromatic heterocycles. The zero-order valence-electron chi connectivity index (χ0n) is 9.89. The first kappa shape index (κ1) is 21.2. The molecular weight excluding hydrogens is 287 g/mol. The summed E-state index contributed by atoms with van der Waals surface area (Å²) in [6.45, 7) is 4.21. The van der Waals surface area contributed by atoms with Crippen LogP contribution in [-0.2, 0) is 13.1 Å². The molecule has 7 heteroatoms. The molecule has 0 spiro atoms. The van der Waals surface area contributed by atoms with Crippen molar-refractivity contribution >= 4 is 20.2 Å². The van der Waals surface area contributed by atoms with Gasteiger partial charge in [0.05, 0.1) is 0 Å². The van der Waals surface area contributed by atoms with Crippen molar-refractivity contribution in [3.8, 4) is 0 Å². The molecule has 0 saturated heterocycles. The van der Waals surface area contributed by atoms with Gasteiger partial charge in [0.2, 0.25) is 0 Å². The topological polar surface area (TPSA) is 48.1 Å². The second kappa shape index (κ2) is 29.4. The Bertz CT molecular complexity index is 65.7. The van der Waals surface area contributed by atoms with E-state index in [4.69, 9.17) is 0 Å². The van der Waals surface area contributed by atoms with Gasteiger partial charge in [-0.2, -0.15) is 0 Å². The monoisotopic (exact) mass is 309 g/mol. The Labute approximate surface area is 109 Å². The molecule has 0 heterocycles. The van der Waals surface area contributed by atoms with E-state index in [1.54, 1.807) is 0 Å². The first-order valence-corrected chi connectivity index (χ1v) is 7.23. The van der Waals surface area contributed by atoms with Crippen LogP contribution in [0, 0.1) is 0 Å². The zero-order chi connectivity index (χ0) is 12.4. The van der Waals surface area contributed by atoms with Crippen molar-refractivity contribution in [2.75, 3.05) is 54.4 Å². The predicted octanol–water partition coefficient (Wildman–Crippen LogP) is 0.227. The van der Waals surface area contributed by atoms with E-state index >= 15 is 0 Å². The summed E-state index contributed by atoms with van der Waals surface area (Å²) >= 11 is 0.757. The summed E-state index contributed by atoms with van der Waals surface area (Å²) in [4.78, 5) is 0. The van der Waals surface area contributed by atoms with Crippen molar-refractivity contribution in [3.63, 3.8) is 0 Å². The molecule has 0 saturated carbocycles. The van der Waals surface area contributed by atoms with E-state index in [1.807, 2.05) is 28.2 Å². The van der Waals surface area contributed by atoms with Gasteiger partial charge in [0.15, 0.2) is 0 Å². The number of likely N-dealkylation sites (N-methyl/N-ethyl adjacent to an activating group) is 4. The first-order valence-electron chi connectivity index (χ1n) is 4.64. The van der Waals surface area contributed by atoms with E-state index in [2.05, 4.69) is 41.5 Å². The molecule has 0 radical (unpaired) electrons. The zero-order valence-corrected chi connectivity index (χ0v) is 12.3. The minimum atomic E-state index is 0.757. The summed E-state index contributed by atoms with van der Waals surface area (Å²) in [5.74, 6) is 0. The Morgan fingerprint density at radius 3 is 0.867 bits per heavy atom. The molecule has 0 unspecified atom stereocenters. The van der Waals surface area contributed by atoms with Crippen LogP contribution < -0.4 is 21.3 Å². The molecule has 0 atom stereocenters. The van der Waals surface area contributed by atoms with E-state index in [1.165, 1.54) is 0 Å². The number of rotatable bonds is 6. The van der Waals surface area contributed by atoms with Gasteiger partial charge < -0.3 is 21.3 Å². The van der Waals surface area contributed by atoms with E-state index < -0.39 is 0 Å². The fraction of sp³-hybridized carbons (Fsp3) is 1.00. The Balaban J connectivity index is -0.000000153. The van der Waals surface area contributed by atoms with Crippen molar-refractivity contribution in [2.24, 2.45) is 0 Å². The van der Waals surface area contributed by atoms with Gasteiger partial charge in [0.25, 0.3) is 0 Å². The van der Waals surface area contributed by atoms with E-state index in [0.29, 0.717) is 0 Å². The van der Waals surface area contributed by atoms with Crippen LogP contribution in [0.1, 0.15) is 0 Å². The summed E-state index contributed by atoms with van der Waals surface area (Å²) in [5, 5.41) is 12.0. The molecule has 0 aliphatic heterocycles. The van der Waals surface area contributed by atoms with Crippen molar-refractivity contribution in [2.45, 2.75) is 0 Å². The summed E-state index contributed by atoms with van der Waals surface area (Å²) in [7, 11) is 17.1. The SMILES string of the molecule is CNCCNC.CNCCNC.[Cl][Cu][Cl]. The minimum absolute atomic E-state index is 0.757. The van der Waals surface area contributed by atoms with E-state index in [0.717, 1.165) is 39.3 Å². The molecule has 4 N–H and O–H groups in total. The van der Waals surface area contributed by atoms with Gasteiger partial charge in [-0.05, 0) is 28.2 Å². The molecule has 0 aliphatic carbocycles. The molecule has 101 valence electrons. The van der Waals surface area contributed by atoms with Crippen LogP contribution in [0.15, 0.2) is 0 Å². The van der Waals surface area contributed by atoms with Gasteiger partial charge in [0.1, 0.15) is 0 Å². The Kier molecular flexibility index (Phi) is 41.6. The standard InChI is InChI=1S/2C4H12N2.2ClH.Cu/c2*1-5-3-4-6-2;;;/h2*5-6H,3-4H2,1-2H3;2*1H;/q;;;;+2/p-2. The number of hydrogen-bond acceptors (Lipinski definition) is 4. The van der Waals surface area contributed by atoms with Gasteiger partial charge in [-0.3, -0.25) is 0 Å². The molecule has 15 heavy (non-hydrogen) atoms. The Hall–Kier alpha value is 0.939. The fourth-order valence-corrected chi connectivity index (χ4v) is 0.500. The van der Waals surface area contributed by atoms with Crippen LogP contribution in [0.25, 0.3) is 0 Å². The summed E-state index contributed by atoms with van der Waals surface area (Å²) < 4.78 is 0. The van der Waals surface area contributed by atoms with Crippen molar-refractivity contribution in [1.29, 1.82) is 0 Å². The van der Waals surface area contributed by atoms with Gasteiger partial charge in [-0.25, -0.2) is 0 Å². The second-order valence-electron chi connectivity index (χ2n) is 2.46. The molecule has 0 fully saturated rings. The van der Waals surface area contributed by atoms with E-state index in [9.17, 15) is 0 Å². The molecule has 0 aliphatic rings. The van der Waals surface area contributed by atoms with Gasteiger partial charge in [0, 0.05) is 26.2 Å². The average molecular weight is 311 g/mol. The quantitative estimate of drug-likeness (QED) is 0.419. The van der Waals surface area contributed by atoms with E-state index in [-0.39, 0.29) is 0 Å². The predicted molar refractivity (Wildman–Crippen MR) is 67.4 cm³/mol. The van der Waals surface area contributed by atoms with Crippen molar-refractivity contribution in [3.05, 3.63) is 0 Å². The third kappa shape index (κ3) is 51.9. The summed E-state index contributed by atoms with van der Waals surface area (Å²) in [6.07, 6.45) is 0. The molecule has 0 bridgehead atoms. The molecule has 4 nitrogen and oxygen atoms in total. The third-order valence-electron chi connectivity index (χ3n) is 1.25. The van der Waals surface area contributed by atoms with Crippen LogP contribution in [0.4, 0.5) is 0 Å². The van der Waals surface area contributed by atoms with Gasteiger partial charge in [-0.1, -0.05) is 0 Å². The molecule has 0 aromatic rings. The van der Waals surface area contributed by atoms with Crippen LogP contribution in [0.3, 0.4) is 0 Å². The summed E-state index contributed by atoms with van der Waals surface area (Å²) in [6, 6.07) is 0. The van der Waals surface area contributed by atoms with Crippen LogP contribution in [0.2, 0.25) is 0 Å². The number of hydrogen-bond donors (Lipinski definition) is 4. The van der Waals surface area contributed by atoms with Crippen molar-refractivity contribution < 1.29 is 13.1 Å². The second-order valence-corrected chi connectivity index (χ2v) is 4.01. The molecular formula is C8H24Cl2CuN4. The Morgan fingerprint density at radius 2 is 0.800 bits per heavy atom. The normalized spacial score (nSPS) is 8.67. The molecule has 0 aromatic carbocycles. The number of halogens is 2. The van der Waals surface area contributed by atoms with Crippen LogP contribution in [0.5, 0.6) is 0 Å². The van der Waals surface area contributed by atoms with Crippen LogP contribution >= 0.6 is 20.2 Å². The summed E-state index contributed by atoms with van der Waals surface area (Å²) in [5.41, 5.74) is 0.